The molecule has 6 heteroatoms. The van der Waals surface area contributed by atoms with E-state index in [4.69, 9.17) is 16.3 Å². The fourth-order valence-electron chi connectivity index (χ4n) is 2.75. The van der Waals surface area contributed by atoms with Gasteiger partial charge in [-0.2, -0.15) is 5.10 Å². The third kappa shape index (κ3) is 3.51. The molecule has 0 radical (unpaired) electrons. The van der Waals surface area contributed by atoms with Gasteiger partial charge in [-0.3, -0.25) is 9.80 Å². The van der Waals surface area contributed by atoms with Gasteiger partial charge in [0.2, 0.25) is 0 Å². The van der Waals surface area contributed by atoms with Crippen molar-refractivity contribution in [2.45, 2.75) is 6.42 Å². The summed E-state index contributed by atoms with van der Waals surface area (Å²) < 4.78 is 5.16. The van der Waals surface area contributed by atoms with Gasteiger partial charge >= 0.3 is 5.97 Å². The number of hydrogen-bond acceptors (Lipinski definition) is 4. The van der Waals surface area contributed by atoms with Gasteiger partial charge in [0.05, 0.1) is 31.5 Å². The molecule has 2 aromatic carbocycles. The number of hydrogen-bond donors (Lipinski definition) is 1. The van der Waals surface area contributed by atoms with Crippen LogP contribution in [0, 0.1) is 5.92 Å². The fourth-order valence-corrected chi connectivity index (χ4v) is 2.88. The Kier molecular flexibility index (Phi) is 4.71. The number of rotatable bonds is 5. The van der Waals surface area contributed by atoms with Crippen LogP contribution in [0.3, 0.4) is 0 Å². The summed E-state index contributed by atoms with van der Waals surface area (Å²) >= 11 is 5.94. The first-order valence-corrected chi connectivity index (χ1v) is 7.92. The van der Waals surface area contributed by atoms with Crippen LogP contribution in [0.25, 0.3) is 0 Å². The summed E-state index contributed by atoms with van der Waals surface area (Å²) in [5.41, 5.74) is 2.56. The summed E-state index contributed by atoms with van der Waals surface area (Å²) in [6, 6.07) is 14.8. The highest BCUT2D eigenvalue weighted by Gasteiger charge is 2.30. The van der Waals surface area contributed by atoms with E-state index in [1.807, 2.05) is 41.4 Å². The number of nitrogens with zero attached hydrogens (tertiary/aromatic N) is 2. The molecule has 1 heterocycles. The van der Waals surface area contributed by atoms with Crippen LogP contribution in [-0.2, 0) is 4.79 Å². The van der Waals surface area contributed by atoms with E-state index in [2.05, 4.69) is 5.10 Å². The molecule has 0 amide bonds. The van der Waals surface area contributed by atoms with E-state index in [1.54, 1.807) is 19.2 Å². The predicted octanol–water partition coefficient (Wildman–Crippen LogP) is 3.66. The number of anilines is 1. The molecule has 0 saturated carbocycles. The smallest absolute Gasteiger partial charge is 0.304 e. The monoisotopic (exact) mass is 344 g/mol. The van der Waals surface area contributed by atoms with Gasteiger partial charge < -0.3 is 9.84 Å². The maximum Gasteiger partial charge on any atom is 0.304 e. The van der Waals surface area contributed by atoms with Crippen LogP contribution in [-0.4, -0.2) is 30.4 Å². The standard InChI is InChI=1S/C18H17ClN2O3/c1-24-16-8-6-15(7-9-16)21-11-13(10-17(22)23)18(20-21)12-2-4-14(19)5-3-12/h2-9,13H,10-11H2,1H3,(H,22,23). The minimum Gasteiger partial charge on any atom is -0.497 e. The van der Waals surface area contributed by atoms with Crippen LogP contribution >= 0.6 is 11.6 Å². The second-order valence-corrected chi connectivity index (χ2v) is 6.00. The molecule has 3 rings (SSSR count). The summed E-state index contributed by atoms with van der Waals surface area (Å²) in [4.78, 5) is 11.2. The van der Waals surface area contributed by atoms with Crippen molar-refractivity contribution in [1.29, 1.82) is 0 Å². The average Bonchev–Trinajstić information content (AvgIpc) is 2.98. The molecule has 5 nitrogen and oxygen atoms in total. The lowest BCUT2D eigenvalue weighted by Crippen LogP contribution is -2.22. The Morgan fingerprint density at radius 3 is 2.50 bits per heavy atom. The van der Waals surface area contributed by atoms with Gasteiger partial charge in [0.15, 0.2) is 0 Å². The summed E-state index contributed by atoms with van der Waals surface area (Å²) in [7, 11) is 1.62. The Morgan fingerprint density at radius 2 is 1.92 bits per heavy atom. The van der Waals surface area contributed by atoms with E-state index in [1.165, 1.54) is 0 Å². The second-order valence-electron chi connectivity index (χ2n) is 5.57. The first kappa shape index (κ1) is 16.3. The molecule has 1 aliphatic rings. The first-order chi connectivity index (χ1) is 11.6. The lowest BCUT2D eigenvalue weighted by Gasteiger charge is -2.15. The SMILES string of the molecule is COc1ccc(N2CC(CC(=O)O)C(c3ccc(Cl)cc3)=N2)cc1. The highest BCUT2D eigenvalue weighted by atomic mass is 35.5. The zero-order chi connectivity index (χ0) is 17.1. The molecule has 1 atom stereocenters. The zero-order valence-corrected chi connectivity index (χ0v) is 13.9. The lowest BCUT2D eigenvalue weighted by molar-refractivity contribution is -0.137. The highest BCUT2D eigenvalue weighted by Crippen LogP contribution is 2.29. The Hall–Kier alpha value is -2.53. The van der Waals surface area contributed by atoms with Gasteiger partial charge in [-0.15, -0.1) is 0 Å². The van der Waals surface area contributed by atoms with E-state index >= 15 is 0 Å². The van der Waals surface area contributed by atoms with Crippen LogP contribution in [0.1, 0.15) is 12.0 Å². The second kappa shape index (κ2) is 6.93. The molecule has 0 fully saturated rings. The van der Waals surface area contributed by atoms with Crippen LogP contribution in [0.4, 0.5) is 5.69 Å². The number of ether oxygens (including phenoxy) is 1. The largest absolute Gasteiger partial charge is 0.497 e. The minimum atomic E-state index is -0.835. The number of carboxylic acid groups (broad SMARTS) is 1. The van der Waals surface area contributed by atoms with Crippen molar-refractivity contribution in [2.24, 2.45) is 11.0 Å². The zero-order valence-electron chi connectivity index (χ0n) is 13.1. The van der Waals surface area contributed by atoms with Gasteiger partial charge in [-0.25, -0.2) is 0 Å². The molecule has 0 spiro atoms. The summed E-state index contributed by atoms with van der Waals surface area (Å²) in [6.07, 6.45) is 0.0358. The number of benzene rings is 2. The van der Waals surface area contributed by atoms with Gasteiger partial charge in [0.1, 0.15) is 5.75 Å². The number of hydrazone groups is 1. The normalized spacial score (nSPS) is 16.8. The number of carbonyl (C=O) groups is 1. The van der Waals surface area contributed by atoms with Crippen molar-refractivity contribution in [3.05, 3.63) is 59.1 Å². The van der Waals surface area contributed by atoms with Crippen molar-refractivity contribution < 1.29 is 14.6 Å². The Balaban J connectivity index is 1.91. The number of methoxy groups -OCH3 is 1. The molecule has 1 aliphatic heterocycles. The molecule has 0 saturated heterocycles. The molecule has 2 aromatic rings. The van der Waals surface area contributed by atoms with Crippen LogP contribution in [0.2, 0.25) is 5.02 Å². The molecule has 1 N–H and O–H groups in total. The van der Waals surface area contributed by atoms with Crippen molar-refractivity contribution in [2.75, 3.05) is 18.7 Å². The Morgan fingerprint density at radius 1 is 1.25 bits per heavy atom. The van der Waals surface area contributed by atoms with Crippen molar-refractivity contribution in [1.82, 2.24) is 0 Å². The van der Waals surface area contributed by atoms with Crippen LogP contribution in [0.15, 0.2) is 53.6 Å². The molecule has 24 heavy (non-hydrogen) atoms. The maximum absolute atomic E-state index is 11.2. The summed E-state index contributed by atoms with van der Waals surface area (Å²) in [5, 5.41) is 16.3. The van der Waals surface area contributed by atoms with E-state index in [-0.39, 0.29) is 12.3 Å². The molecular formula is C18H17ClN2O3. The number of halogens is 1. The topological polar surface area (TPSA) is 62.1 Å². The van der Waals surface area contributed by atoms with E-state index in [0.29, 0.717) is 11.6 Å². The van der Waals surface area contributed by atoms with Crippen LogP contribution < -0.4 is 9.75 Å². The van der Waals surface area contributed by atoms with E-state index in [0.717, 1.165) is 22.7 Å². The third-order valence-corrected chi connectivity index (χ3v) is 4.19. The fraction of sp³-hybridized carbons (Fsp3) is 0.222. The number of carboxylic acids is 1. The van der Waals surface area contributed by atoms with E-state index < -0.39 is 5.97 Å². The number of aliphatic carboxylic acids is 1. The first-order valence-electron chi connectivity index (χ1n) is 7.54. The van der Waals surface area contributed by atoms with Gasteiger partial charge in [-0.1, -0.05) is 23.7 Å². The molecule has 124 valence electrons. The van der Waals surface area contributed by atoms with E-state index in [9.17, 15) is 9.90 Å². The highest BCUT2D eigenvalue weighted by molar-refractivity contribution is 6.30. The van der Waals surface area contributed by atoms with Crippen molar-refractivity contribution in [3.8, 4) is 5.75 Å². The quantitative estimate of drug-likeness (QED) is 0.899. The van der Waals surface area contributed by atoms with Gasteiger partial charge in [-0.05, 0) is 42.0 Å². The minimum absolute atomic E-state index is 0.0358. The molecule has 1 unspecified atom stereocenters. The van der Waals surface area contributed by atoms with Gasteiger partial charge in [0, 0.05) is 10.9 Å². The van der Waals surface area contributed by atoms with Crippen LogP contribution in [0.5, 0.6) is 5.75 Å². The molecule has 0 aliphatic carbocycles. The predicted molar refractivity (Wildman–Crippen MR) is 94.1 cm³/mol. The Labute approximate surface area is 145 Å². The lowest BCUT2D eigenvalue weighted by atomic mass is 9.94. The Bertz CT molecular complexity index is 757. The maximum atomic E-state index is 11.2. The summed E-state index contributed by atoms with van der Waals surface area (Å²) in [6.45, 7) is 0.524. The molecule has 0 bridgehead atoms. The third-order valence-electron chi connectivity index (χ3n) is 3.94. The average molecular weight is 345 g/mol. The summed E-state index contributed by atoms with van der Waals surface area (Å²) in [5.74, 6) is -0.244. The molecule has 0 aromatic heterocycles. The molecular weight excluding hydrogens is 328 g/mol. The van der Waals surface area contributed by atoms with Crippen molar-refractivity contribution in [3.63, 3.8) is 0 Å². The van der Waals surface area contributed by atoms with Crippen molar-refractivity contribution >= 4 is 29.0 Å². The van der Waals surface area contributed by atoms with Gasteiger partial charge in [0.25, 0.3) is 0 Å².